The fraction of sp³-hybridized carbons (Fsp3) is 0.846. The van der Waals surface area contributed by atoms with Gasteiger partial charge >= 0.3 is 12.0 Å². The minimum Gasteiger partial charge on any atom is -0.481 e. The maximum atomic E-state index is 11.9. The smallest absolute Gasteiger partial charge is 0.317 e. The van der Waals surface area contributed by atoms with Crippen LogP contribution >= 0.6 is 0 Å². The number of aliphatic carboxylic acids is 1. The third-order valence-corrected chi connectivity index (χ3v) is 3.64. The lowest BCUT2D eigenvalue weighted by Crippen LogP contribution is -2.41. The Morgan fingerprint density at radius 3 is 2.67 bits per heavy atom. The van der Waals surface area contributed by atoms with Crippen molar-refractivity contribution in [2.24, 2.45) is 11.8 Å². The number of carboxylic acid groups (broad SMARTS) is 1. The first-order valence-corrected chi connectivity index (χ1v) is 6.84. The van der Waals surface area contributed by atoms with Gasteiger partial charge in [-0.15, -0.1) is 0 Å². The second-order valence-corrected chi connectivity index (χ2v) is 5.02. The Kier molecular flexibility index (Phi) is 5.95. The van der Waals surface area contributed by atoms with Crippen LogP contribution in [0.1, 0.15) is 39.5 Å². The Hall–Kier alpha value is -1.26. The molecule has 1 aliphatic heterocycles. The summed E-state index contributed by atoms with van der Waals surface area (Å²) < 4.78 is 0. The van der Waals surface area contributed by atoms with Gasteiger partial charge in [0.15, 0.2) is 0 Å². The highest BCUT2D eigenvalue weighted by atomic mass is 16.4. The summed E-state index contributed by atoms with van der Waals surface area (Å²) in [7, 11) is 0. The Balaban J connectivity index is 2.34. The Bertz CT molecular complexity index is 294. The maximum Gasteiger partial charge on any atom is 0.317 e. The number of nitrogens with zero attached hydrogens (tertiary/aromatic N) is 1. The van der Waals surface area contributed by atoms with Gasteiger partial charge in [-0.25, -0.2) is 4.79 Å². The topological polar surface area (TPSA) is 69.6 Å². The minimum atomic E-state index is -0.829. The third-order valence-electron chi connectivity index (χ3n) is 3.64. The quantitative estimate of drug-likeness (QED) is 0.763. The average molecular weight is 256 g/mol. The van der Waals surface area contributed by atoms with Crippen LogP contribution in [0.2, 0.25) is 0 Å². The van der Waals surface area contributed by atoms with Crippen LogP contribution in [0.3, 0.4) is 0 Å². The number of nitrogens with one attached hydrogen (secondary N) is 1. The monoisotopic (exact) mass is 256 g/mol. The molecule has 1 fully saturated rings. The van der Waals surface area contributed by atoms with Gasteiger partial charge in [0.1, 0.15) is 0 Å². The number of amides is 2. The van der Waals surface area contributed by atoms with E-state index in [1.165, 1.54) is 0 Å². The van der Waals surface area contributed by atoms with E-state index in [0.29, 0.717) is 12.3 Å². The molecule has 104 valence electrons. The SMILES string of the molecule is CCCC(CNC(=O)N1CCC(CC)C1)C(=O)O. The van der Waals surface area contributed by atoms with Crippen LogP contribution < -0.4 is 5.32 Å². The summed E-state index contributed by atoms with van der Waals surface area (Å²) in [4.78, 5) is 24.6. The molecule has 2 unspecified atom stereocenters. The molecule has 5 nitrogen and oxygen atoms in total. The molecular weight excluding hydrogens is 232 g/mol. The molecule has 0 aromatic heterocycles. The molecular formula is C13H24N2O3. The van der Waals surface area contributed by atoms with E-state index in [4.69, 9.17) is 5.11 Å². The number of carboxylic acids is 1. The highest BCUT2D eigenvalue weighted by molar-refractivity contribution is 5.76. The number of carbonyl (C=O) groups is 2. The Morgan fingerprint density at radius 2 is 2.17 bits per heavy atom. The molecule has 2 N–H and O–H groups in total. The Labute approximate surface area is 109 Å². The van der Waals surface area contributed by atoms with Gasteiger partial charge in [0.25, 0.3) is 0 Å². The van der Waals surface area contributed by atoms with Crippen molar-refractivity contribution in [1.29, 1.82) is 0 Å². The predicted octanol–water partition coefficient (Wildman–Crippen LogP) is 1.93. The molecule has 1 rings (SSSR count). The largest absolute Gasteiger partial charge is 0.481 e. The average Bonchev–Trinajstić information content (AvgIpc) is 2.82. The minimum absolute atomic E-state index is 0.117. The van der Waals surface area contributed by atoms with Crippen molar-refractivity contribution in [3.8, 4) is 0 Å². The lowest BCUT2D eigenvalue weighted by molar-refractivity contribution is -0.141. The molecule has 2 amide bonds. The van der Waals surface area contributed by atoms with E-state index in [-0.39, 0.29) is 12.6 Å². The standard InChI is InChI=1S/C13H24N2O3/c1-3-5-11(12(16)17)8-14-13(18)15-7-6-10(4-2)9-15/h10-11H,3-9H2,1-2H3,(H,14,18)(H,16,17). The summed E-state index contributed by atoms with van der Waals surface area (Å²) >= 11 is 0. The van der Waals surface area contributed by atoms with Gasteiger partial charge in [-0.1, -0.05) is 26.7 Å². The second kappa shape index (κ2) is 7.24. The van der Waals surface area contributed by atoms with E-state index in [1.54, 1.807) is 4.90 Å². The lowest BCUT2D eigenvalue weighted by Gasteiger charge is -2.19. The van der Waals surface area contributed by atoms with Crippen LogP contribution in [0.15, 0.2) is 0 Å². The van der Waals surface area contributed by atoms with Crippen molar-refractivity contribution >= 4 is 12.0 Å². The maximum absolute atomic E-state index is 11.9. The highest BCUT2D eigenvalue weighted by Gasteiger charge is 2.26. The van der Waals surface area contributed by atoms with E-state index in [0.717, 1.165) is 32.4 Å². The highest BCUT2D eigenvalue weighted by Crippen LogP contribution is 2.18. The molecule has 1 aliphatic rings. The number of hydrogen-bond donors (Lipinski definition) is 2. The van der Waals surface area contributed by atoms with Gasteiger partial charge in [0.2, 0.25) is 0 Å². The molecule has 0 aliphatic carbocycles. The fourth-order valence-electron chi connectivity index (χ4n) is 2.33. The third kappa shape index (κ3) is 4.20. The van der Waals surface area contributed by atoms with Crippen LogP contribution in [-0.4, -0.2) is 41.6 Å². The zero-order valence-electron chi connectivity index (χ0n) is 11.3. The summed E-state index contributed by atoms with van der Waals surface area (Å²) in [6.07, 6.45) is 3.57. The van der Waals surface area contributed by atoms with E-state index in [9.17, 15) is 9.59 Å². The molecule has 0 aromatic carbocycles. The van der Waals surface area contributed by atoms with Crippen LogP contribution in [0.5, 0.6) is 0 Å². The molecule has 0 aromatic rings. The zero-order valence-corrected chi connectivity index (χ0v) is 11.3. The van der Waals surface area contributed by atoms with Crippen molar-refractivity contribution in [3.05, 3.63) is 0 Å². The summed E-state index contributed by atoms with van der Waals surface area (Å²) in [6, 6.07) is -0.117. The number of hydrogen-bond acceptors (Lipinski definition) is 2. The molecule has 0 bridgehead atoms. The van der Waals surface area contributed by atoms with Crippen molar-refractivity contribution in [1.82, 2.24) is 10.2 Å². The summed E-state index contributed by atoms with van der Waals surface area (Å²) in [5.41, 5.74) is 0. The lowest BCUT2D eigenvalue weighted by atomic mass is 10.0. The molecule has 0 spiro atoms. The van der Waals surface area contributed by atoms with Crippen LogP contribution in [0.4, 0.5) is 4.79 Å². The van der Waals surface area contributed by atoms with Crippen molar-refractivity contribution < 1.29 is 14.7 Å². The van der Waals surface area contributed by atoms with Crippen molar-refractivity contribution in [2.75, 3.05) is 19.6 Å². The Morgan fingerprint density at radius 1 is 1.44 bits per heavy atom. The molecule has 1 heterocycles. The molecule has 1 saturated heterocycles. The van der Waals surface area contributed by atoms with Gasteiger partial charge < -0.3 is 15.3 Å². The summed E-state index contributed by atoms with van der Waals surface area (Å²) in [5.74, 6) is -0.699. The van der Waals surface area contributed by atoms with Crippen LogP contribution in [0.25, 0.3) is 0 Å². The molecule has 18 heavy (non-hydrogen) atoms. The molecule has 2 atom stereocenters. The number of urea groups is 1. The first kappa shape index (κ1) is 14.8. The molecule has 0 radical (unpaired) electrons. The van der Waals surface area contributed by atoms with Gasteiger partial charge in [-0.2, -0.15) is 0 Å². The van der Waals surface area contributed by atoms with Gasteiger partial charge in [-0.05, 0) is 18.8 Å². The van der Waals surface area contributed by atoms with E-state index < -0.39 is 11.9 Å². The van der Waals surface area contributed by atoms with Gasteiger partial charge in [0, 0.05) is 19.6 Å². The summed E-state index contributed by atoms with van der Waals surface area (Å²) in [6.45, 7) is 5.90. The van der Waals surface area contributed by atoms with E-state index >= 15 is 0 Å². The van der Waals surface area contributed by atoms with Gasteiger partial charge in [-0.3, -0.25) is 4.79 Å². The molecule has 5 heteroatoms. The number of carbonyl (C=O) groups excluding carboxylic acids is 1. The first-order valence-electron chi connectivity index (χ1n) is 6.84. The predicted molar refractivity (Wildman–Crippen MR) is 69.4 cm³/mol. The second-order valence-electron chi connectivity index (χ2n) is 5.02. The zero-order chi connectivity index (χ0) is 13.5. The van der Waals surface area contributed by atoms with Crippen LogP contribution in [-0.2, 0) is 4.79 Å². The summed E-state index contributed by atoms with van der Waals surface area (Å²) in [5, 5.41) is 11.7. The van der Waals surface area contributed by atoms with Gasteiger partial charge in [0.05, 0.1) is 5.92 Å². The van der Waals surface area contributed by atoms with E-state index in [1.807, 2.05) is 6.92 Å². The number of rotatable bonds is 6. The normalized spacial score (nSPS) is 20.8. The molecule has 0 saturated carbocycles. The van der Waals surface area contributed by atoms with Crippen molar-refractivity contribution in [3.63, 3.8) is 0 Å². The fourth-order valence-corrected chi connectivity index (χ4v) is 2.33. The van der Waals surface area contributed by atoms with Crippen LogP contribution in [0, 0.1) is 11.8 Å². The number of likely N-dealkylation sites (tertiary alicyclic amines) is 1. The van der Waals surface area contributed by atoms with Crippen molar-refractivity contribution in [2.45, 2.75) is 39.5 Å². The first-order chi connectivity index (χ1) is 8.58. The van der Waals surface area contributed by atoms with E-state index in [2.05, 4.69) is 12.2 Å².